The number of amides is 2. The van der Waals surface area contributed by atoms with Crippen LogP contribution in [0.4, 0.5) is 0 Å². The molecule has 2 N–H and O–H groups in total. The van der Waals surface area contributed by atoms with Gasteiger partial charge in [0.2, 0.25) is 11.4 Å². The van der Waals surface area contributed by atoms with Crippen molar-refractivity contribution in [1.29, 1.82) is 0 Å². The lowest BCUT2D eigenvalue weighted by Gasteiger charge is -2.62. The minimum atomic E-state index is -0.508. The zero-order valence-electron chi connectivity index (χ0n) is 28.1. The lowest BCUT2D eigenvalue weighted by molar-refractivity contribution is -0.577. The molecule has 254 valence electrons. The van der Waals surface area contributed by atoms with E-state index < -0.39 is 6.04 Å². The van der Waals surface area contributed by atoms with Gasteiger partial charge in [0.25, 0.3) is 5.91 Å². The van der Waals surface area contributed by atoms with Gasteiger partial charge in [0, 0.05) is 50.2 Å². The average Bonchev–Trinajstić information content (AvgIpc) is 3.68. The maximum atomic E-state index is 13.9. The van der Waals surface area contributed by atoms with Crippen molar-refractivity contribution >= 4 is 22.7 Å². The number of pyridine rings is 1. The SMILES string of the molecule is C[C@]12C[C@H](N3CCN(C(=O)[C@@H]4CCCN4C(=O)c4cc5ccccc5[n+]([O-])c4)CC3)[C@@H](O)C[C@@H]1CC[C@@H]1[C@@H]2CC[C@]2(C)[C@@H](O)CC[C@@H]12. The number of fused-ring (bicyclic) bond motifs is 6. The minimum Gasteiger partial charge on any atom is -0.618 e. The molecule has 10 atom stereocenters. The van der Waals surface area contributed by atoms with Gasteiger partial charge in [0.05, 0.1) is 12.2 Å². The molecule has 0 unspecified atom stereocenters. The third kappa shape index (κ3) is 5.01. The van der Waals surface area contributed by atoms with Crippen LogP contribution in [0.25, 0.3) is 10.9 Å². The number of aromatic nitrogens is 1. The number of para-hydroxylation sites is 1. The van der Waals surface area contributed by atoms with E-state index in [-0.39, 0.29) is 40.9 Å². The number of likely N-dealkylation sites (tertiary alicyclic amines) is 1. The van der Waals surface area contributed by atoms with Crippen molar-refractivity contribution in [1.82, 2.24) is 14.7 Å². The highest BCUT2D eigenvalue weighted by atomic mass is 16.5. The third-order valence-electron chi connectivity index (χ3n) is 14.5. The van der Waals surface area contributed by atoms with E-state index in [0.717, 1.165) is 56.3 Å². The molecule has 2 aliphatic heterocycles. The van der Waals surface area contributed by atoms with Crippen molar-refractivity contribution in [2.75, 3.05) is 32.7 Å². The molecular formula is C38H52N4O5. The minimum absolute atomic E-state index is 0.00151. The van der Waals surface area contributed by atoms with Crippen LogP contribution in [-0.4, -0.2) is 93.7 Å². The molecular weight excluding hydrogens is 592 g/mol. The predicted octanol–water partition coefficient (Wildman–Crippen LogP) is 3.97. The largest absolute Gasteiger partial charge is 0.618 e. The van der Waals surface area contributed by atoms with Gasteiger partial charge in [-0.15, -0.1) is 0 Å². The lowest BCUT2D eigenvalue weighted by Crippen LogP contribution is -2.62. The zero-order valence-corrected chi connectivity index (χ0v) is 28.1. The average molecular weight is 645 g/mol. The Balaban J connectivity index is 0.927. The molecule has 9 nitrogen and oxygen atoms in total. The van der Waals surface area contributed by atoms with E-state index >= 15 is 0 Å². The molecule has 9 heteroatoms. The Morgan fingerprint density at radius 2 is 1.68 bits per heavy atom. The molecule has 2 amide bonds. The summed E-state index contributed by atoms with van der Waals surface area (Å²) in [5.41, 5.74) is 1.11. The van der Waals surface area contributed by atoms with Crippen molar-refractivity contribution in [3.63, 3.8) is 0 Å². The van der Waals surface area contributed by atoms with Crippen molar-refractivity contribution in [2.24, 2.45) is 34.5 Å². The molecule has 4 saturated carbocycles. The highest BCUT2D eigenvalue weighted by molar-refractivity contribution is 5.99. The second-order valence-corrected chi connectivity index (χ2v) is 16.5. The second kappa shape index (κ2) is 11.7. The molecule has 0 radical (unpaired) electrons. The van der Waals surface area contributed by atoms with Crippen molar-refractivity contribution in [3.05, 3.63) is 47.3 Å². The number of rotatable bonds is 3. The van der Waals surface area contributed by atoms with Crippen LogP contribution in [0.1, 0.15) is 88.4 Å². The molecule has 0 spiro atoms. The predicted molar refractivity (Wildman–Crippen MR) is 178 cm³/mol. The smallest absolute Gasteiger partial charge is 0.260 e. The Labute approximate surface area is 278 Å². The molecule has 0 bridgehead atoms. The van der Waals surface area contributed by atoms with Crippen LogP contribution in [-0.2, 0) is 4.79 Å². The molecule has 2 aromatic rings. The van der Waals surface area contributed by atoms with Gasteiger partial charge in [-0.05, 0) is 111 Å². The van der Waals surface area contributed by atoms with E-state index in [1.54, 1.807) is 23.1 Å². The summed E-state index contributed by atoms with van der Waals surface area (Å²) >= 11 is 0. The number of aliphatic hydroxyl groups is 2. The highest BCUT2D eigenvalue weighted by Gasteiger charge is 2.61. The molecule has 1 aromatic heterocycles. The number of hydrogen-bond donors (Lipinski definition) is 2. The van der Waals surface area contributed by atoms with Crippen molar-refractivity contribution in [2.45, 2.75) is 102 Å². The number of aliphatic hydroxyl groups excluding tert-OH is 2. The third-order valence-corrected chi connectivity index (χ3v) is 14.5. The Morgan fingerprint density at radius 1 is 0.915 bits per heavy atom. The zero-order chi connectivity index (χ0) is 32.7. The standard InChI is InChI=1S/C38H52N4O5/c1-37-14-13-29-27(28(37)11-12-34(37)44)10-9-26-21-33(43)32(22-38(26,29)2)39-16-18-40(19-17-39)36(46)31-8-5-15-41(31)35(45)25-20-24-6-3-4-7-30(24)42(47)23-25/h3-4,6-7,20,23,26-29,31-34,43-44H,5,8-19,21-22H2,1-2H3/t26-,27-,28-,29-,31-,32-,33-,34-,37-,38-/m0/s1. The first-order valence-electron chi connectivity index (χ1n) is 18.4. The molecule has 2 saturated heterocycles. The topological polar surface area (TPSA) is 111 Å². The van der Waals surface area contributed by atoms with Crippen LogP contribution < -0.4 is 4.73 Å². The first kappa shape index (κ1) is 31.5. The van der Waals surface area contributed by atoms with Crippen molar-refractivity contribution < 1.29 is 24.5 Å². The summed E-state index contributed by atoms with van der Waals surface area (Å²) in [6.07, 6.45) is 11.0. The van der Waals surface area contributed by atoms with Crippen LogP contribution in [0.15, 0.2) is 36.5 Å². The van der Waals surface area contributed by atoms with Gasteiger partial charge in [-0.2, -0.15) is 4.73 Å². The fourth-order valence-corrected chi connectivity index (χ4v) is 11.9. The van der Waals surface area contributed by atoms with Gasteiger partial charge in [0.15, 0.2) is 6.20 Å². The van der Waals surface area contributed by atoms with Gasteiger partial charge in [-0.3, -0.25) is 14.5 Å². The number of carbonyl (C=O) groups is 2. The molecule has 3 heterocycles. The monoisotopic (exact) mass is 644 g/mol. The first-order chi connectivity index (χ1) is 22.6. The number of carbonyl (C=O) groups excluding carboxylic acids is 2. The summed E-state index contributed by atoms with van der Waals surface area (Å²) in [4.78, 5) is 33.6. The Kier molecular flexibility index (Phi) is 7.84. The normalized spacial score (nSPS) is 40.6. The molecule has 8 rings (SSSR count). The number of nitrogens with zero attached hydrogens (tertiary/aromatic N) is 4. The van der Waals surface area contributed by atoms with Gasteiger partial charge in [0.1, 0.15) is 11.6 Å². The molecule has 6 aliphatic rings. The van der Waals surface area contributed by atoms with E-state index in [9.17, 15) is 25.0 Å². The summed E-state index contributed by atoms with van der Waals surface area (Å²) in [7, 11) is 0. The summed E-state index contributed by atoms with van der Waals surface area (Å²) in [5.74, 6) is 2.26. The number of piperazine rings is 1. The fraction of sp³-hybridized carbons (Fsp3) is 0.711. The van der Waals surface area contributed by atoms with Gasteiger partial charge >= 0.3 is 0 Å². The Bertz CT molecular complexity index is 1540. The van der Waals surface area contributed by atoms with Crippen LogP contribution in [0.3, 0.4) is 0 Å². The van der Waals surface area contributed by atoms with Gasteiger partial charge in [-0.25, -0.2) is 0 Å². The van der Waals surface area contributed by atoms with Crippen LogP contribution in [0, 0.1) is 39.7 Å². The molecule has 4 aliphatic carbocycles. The Hall–Kier alpha value is -2.75. The van der Waals surface area contributed by atoms with Crippen LogP contribution in [0.2, 0.25) is 0 Å². The summed E-state index contributed by atoms with van der Waals surface area (Å²) in [6, 6.07) is 8.57. The van der Waals surface area contributed by atoms with E-state index in [1.807, 2.05) is 17.0 Å². The van der Waals surface area contributed by atoms with Crippen molar-refractivity contribution in [3.8, 4) is 0 Å². The van der Waals surface area contributed by atoms with Gasteiger partial charge < -0.3 is 25.2 Å². The molecule has 1 aromatic carbocycles. The molecule has 6 fully saturated rings. The Morgan fingerprint density at radius 3 is 2.49 bits per heavy atom. The van der Waals surface area contributed by atoms with Crippen LogP contribution >= 0.6 is 0 Å². The lowest BCUT2D eigenvalue weighted by atomic mass is 9.44. The second-order valence-electron chi connectivity index (χ2n) is 16.5. The fourth-order valence-electron chi connectivity index (χ4n) is 11.9. The first-order valence-corrected chi connectivity index (χ1v) is 18.4. The molecule has 47 heavy (non-hydrogen) atoms. The van der Waals surface area contributed by atoms with E-state index in [1.165, 1.54) is 25.5 Å². The van der Waals surface area contributed by atoms with E-state index in [0.29, 0.717) is 66.2 Å². The quantitative estimate of drug-likeness (QED) is 0.387. The maximum Gasteiger partial charge on any atom is 0.260 e. The number of hydrogen-bond acceptors (Lipinski definition) is 6. The summed E-state index contributed by atoms with van der Waals surface area (Å²) in [6.45, 7) is 8.04. The van der Waals surface area contributed by atoms with E-state index in [4.69, 9.17) is 0 Å². The number of benzene rings is 1. The summed E-state index contributed by atoms with van der Waals surface area (Å²) in [5, 5.41) is 35.7. The van der Waals surface area contributed by atoms with E-state index in [2.05, 4.69) is 18.7 Å². The summed E-state index contributed by atoms with van der Waals surface area (Å²) < 4.78 is 0.745. The maximum absolute atomic E-state index is 13.9. The highest BCUT2D eigenvalue weighted by Crippen LogP contribution is 2.66. The van der Waals surface area contributed by atoms with Gasteiger partial charge in [-0.1, -0.05) is 26.0 Å². The van der Waals surface area contributed by atoms with Crippen LogP contribution in [0.5, 0.6) is 0 Å².